The second-order valence-electron chi connectivity index (χ2n) is 5.30. The highest BCUT2D eigenvalue weighted by molar-refractivity contribution is 6.59. The monoisotopic (exact) mass is 241 g/mol. The van der Waals surface area contributed by atoms with Crippen molar-refractivity contribution in [2.45, 2.75) is 51.7 Å². The number of likely N-dealkylation sites (tertiary alicyclic amines) is 1. The number of carbonyl (C=O) groups excluding carboxylic acids is 2. The first-order valence-corrected chi connectivity index (χ1v) is 6.81. The van der Waals surface area contributed by atoms with Gasteiger partial charge in [-0.1, -0.05) is 0 Å². The molecule has 1 atom stereocenters. The number of nitrogens with zero attached hydrogens (tertiary/aromatic N) is 1. The Morgan fingerprint density at radius 2 is 1.94 bits per heavy atom. The van der Waals surface area contributed by atoms with Crippen LogP contribution in [-0.4, -0.2) is 50.1 Å². The van der Waals surface area contributed by atoms with Crippen molar-refractivity contribution >= 4 is 27.0 Å². The van der Waals surface area contributed by atoms with E-state index in [0.29, 0.717) is 22.8 Å². The number of ether oxygens (including phenoxy) is 1. The lowest BCUT2D eigenvalue weighted by atomic mass is 10.0. The van der Waals surface area contributed by atoms with Crippen molar-refractivity contribution < 1.29 is 14.3 Å². The number of carbonyl (C=O) groups is 2. The van der Waals surface area contributed by atoms with Crippen LogP contribution in [0.3, 0.4) is 0 Å². The Kier molecular flexibility index (Phi) is 4.40. The molecule has 1 saturated heterocycles. The molecule has 1 amide bonds. The predicted octanol–water partition coefficient (Wildman–Crippen LogP) is 0.936. The van der Waals surface area contributed by atoms with Crippen LogP contribution < -0.4 is 0 Å². The molecule has 1 unspecified atom stereocenters. The molecule has 0 bridgehead atoms. The van der Waals surface area contributed by atoms with E-state index < -0.39 is 5.60 Å². The van der Waals surface area contributed by atoms with E-state index in [1.807, 2.05) is 20.8 Å². The maximum atomic E-state index is 11.9. The average molecular weight is 241 g/mol. The van der Waals surface area contributed by atoms with Gasteiger partial charge in [-0.15, -0.1) is 0 Å². The van der Waals surface area contributed by atoms with Gasteiger partial charge in [0.25, 0.3) is 0 Å². The van der Waals surface area contributed by atoms with Gasteiger partial charge in [0.1, 0.15) is 5.60 Å². The minimum absolute atomic E-state index is 0.186. The molecule has 1 aliphatic rings. The third-order valence-corrected chi connectivity index (χ3v) is 3.27. The molecule has 1 rings (SSSR count). The van der Waals surface area contributed by atoms with Gasteiger partial charge in [-0.2, -0.15) is 0 Å². The van der Waals surface area contributed by atoms with E-state index in [0.717, 1.165) is 19.3 Å². The van der Waals surface area contributed by atoms with Crippen molar-refractivity contribution in [2.75, 3.05) is 6.54 Å². The van der Waals surface area contributed by atoms with Gasteiger partial charge >= 0.3 is 22.4 Å². The smallest absolute Gasteiger partial charge is 0.410 e. The van der Waals surface area contributed by atoms with Crippen LogP contribution in [0.5, 0.6) is 0 Å². The summed E-state index contributed by atoms with van der Waals surface area (Å²) in [5.41, 5.74) is -0.493. The molecule has 90 valence electrons. The number of hydrogen-bond acceptors (Lipinski definition) is 3. The molecule has 0 saturated carbocycles. The lowest BCUT2D eigenvalue weighted by Crippen LogP contribution is -2.49. The largest absolute Gasteiger partial charge is 0.444 e. The summed E-state index contributed by atoms with van der Waals surface area (Å²) >= 11 is 0.497. The van der Waals surface area contributed by atoms with Gasteiger partial charge in [0, 0.05) is 6.54 Å². The van der Waals surface area contributed by atoms with Crippen LogP contribution in [0.2, 0.25) is 0 Å². The van der Waals surface area contributed by atoms with Gasteiger partial charge in [-0.05, 0) is 40.0 Å². The molecule has 0 aliphatic carbocycles. The first-order chi connectivity index (χ1) is 7.31. The molecule has 5 heteroatoms. The summed E-state index contributed by atoms with van der Waals surface area (Å²) in [6.45, 7) is 6.17. The summed E-state index contributed by atoms with van der Waals surface area (Å²) in [5.74, 6) is 0. The van der Waals surface area contributed by atoms with Crippen molar-refractivity contribution in [1.82, 2.24) is 4.90 Å². The standard InChI is InChI=1S/C11H18NO3.Al.2H/c1-11(2,3)15-10(14)12-7-5-4-6-9(12)8-13;;;/h9H,4-7H2,1-3H3;;;. The molecule has 16 heavy (non-hydrogen) atoms. The van der Waals surface area contributed by atoms with Gasteiger partial charge in [0.15, 0.2) is 0 Å². The summed E-state index contributed by atoms with van der Waals surface area (Å²) in [6.07, 6.45) is 2.44. The Hall–Kier alpha value is -0.528. The highest BCUT2D eigenvalue weighted by Gasteiger charge is 2.32. The molecule has 1 heterocycles. The molecule has 0 aromatic carbocycles. The van der Waals surface area contributed by atoms with Gasteiger partial charge in [0.2, 0.25) is 0 Å². The maximum absolute atomic E-state index is 11.9. The van der Waals surface area contributed by atoms with Crippen LogP contribution in [0.1, 0.15) is 40.0 Å². The Morgan fingerprint density at radius 1 is 1.31 bits per heavy atom. The predicted molar refractivity (Wildman–Crippen MR) is 64.1 cm³/mol. The fourth-order valence-electron chi connectivity index (χ4n) is 1.89. The number of hydrogen-bond donors (Lipinski definition) is 0. The minimum Gasteiger partial charge on any atom is -0.444 e. The molecule has 0 radical (unpaired) electrons. The molecule has 1 aliphatic heterocycles. The molecular weight excluding hydrogens is 221 g/mol. The summed E-state index contributed by atoms with van der Waals surface area (Å²) in [6, 6.07) is -0.227. The number of rotatable bonds is 1. The Morgan fingerprint density at radius 3 is 2.44 bits per heavy atom. The van der Waals surface area contributed by atoms with Crippen LogP contribution in [0.4, 0.5) is 4.79 Å². The molecule has 0 aromatic heterocycles. The molecule has 4 nitrogen and oxygen atoms in total. The van der Waals surface area contributed by atoms with Crippen LogP contribution in [-0.2, 0) is 9.53 Å². The lowest BCUT2D eigenvalue weighted by Gasteiger charge is -2.35. The molecule has 0 N–H and O–H groups in total. The van der Waals surface area contributed by atoms with E-state index in [-0.39, 0.29) is 16.8 Å². The first-order valence-electron chi connectivity index (χ1n) is 5.81. The first kappa shape index (κ1) is 13.5. The molecule has 1 fully saturated rings. The minimum atomic E-state index is -0.493. The second-order valence-corrected chi connectivity index (χ2v) is 6.28. The number of piperidine rings is 1. The molecular formula is C11H20AlNO3. The van der Waals surface area contributed by atoms with Crippen LogP contribution in [0, 0.1) is 0 Å². The van der Waals surface area contributed by atoms with E-state index in [2.05, 4.69) is 0 Å². The zero-order valence-corrected chi connectivity index (χ0v) is 12.6. The van der Waals surface area contributed by atoms with Crippen molar-refractivity contribution in [2.24, 2.45) is 0 Å². The van der Waals surface area contributed by atoms with Gasteiger partial charge in [-0.3, -0.25) is 4.90 Å². The lowest BCUT2D eigenvalue weighted by molar-refractivity contribution is -0.117. The Labute approximate surface area is 105 Å². The topological polar surface area (TPSA) is 46.6 Å². The third kappa shape index (κ3) is 3.80. The summed E-state index contributed by atoms with van der Waals surface area (Å²) < 4.78 is 5.49. The SMILES string of the molecule is CC(C)(C)OC(=O)N1CCCCC1[C](=O)[AlH2]. The van der Waals surface area contributed by atoms with Crippen molar-refractivity contribution in [3.63, 3.8) is 0 Å². The quantitative estimate of drug-likeness (QED) is 0.642. The molecule has 0 spiro atoms. The van der Waals surface area contributed by atoms with Gasteiger partial charge < -0.3 is 9.53 Å². The van der Waals surface area contributed by atoms with E-state index in [9.17, 15) is 9.59 Å². The zero-order chi connectivity index (χ0) is 12.3. The summed E-state index contributed by atoms with van der Waals surface area (Å²) in [4.78, 5) is 25.0. The van der Waals surface area contributed by atoms with E-state index in [4.69, 9.17) is 4.74 Å². The highest BCUT2D eigenvalue weighted by Crippen LogP contribution is 2.20. The third-order valence-electron chi connectivity index (χ3n) is 2.60. The van der Waals surface area contributed by atoms with Crippen LogP contribution >= 0.6 is 0 Å². The Bertz CT molecular complexity index is 285. The van der Waals surface area contributed by atoms with E-state index in [1.54, 1.807) is 4.90 Å². The van der Waals surface area contributed by atoms with Crippen LogP contribution in [0.15, 0.2) is 0 Å². The van der Waals surface area contributed by atoms with Crippen molar-refractivity contribution in [3.8, 4) is 0 Å². The van der Waals surface area contributed by atoms with Crippen molar-refractivity contribution in [3.05, 3.63) is 0 Å². The Balaban J connectivity index is 2.68. The second kappa shape index (κ2) is 5.20. The van der Waals surface area contributed by atoms with Gasteiger partial charge in [0.05, 0.1) is 10.7 Å². The zero-order valence-electron chi connectivity index (χ0n) is 10.6. The molecule has 0 aromatic rings. The fourth-order valence-corrected chi connectivity index (χ4v) is 2.49. The average Bonchev–Trinajstić information content (AvgIpc) is 2.15. The van der Waals surface area contributed by atoms with Crippen LogP contribution in [0.25, 0.3) is 0 Å². The van der Waals surface area contributed by atoms with E-state index in [1.165, 1.54) is 0 Å². The number of amides is 1. The van der Waals surface area contributed by atoms with Crippen molar-refractivity contribution in [1.29, 1.82) is 0 Å². The normalized spacial score (nSPS) is 21.7. The van der Waals surface area contributed by atoms with E-state index >= 15 is 0 Å². The maximum Gasteiger partial charge on any atom is 0.410 e. The fraction of sp³-hybridized carbons (Fsp3) is 0.818. The van der Waals surface area contributed by atoms with Gasteiger partial charge in [-0.25, -0.2) is 4.79 Å². The summed E-state index contributed by atoms with van der Waals surface area (Å²) in [5, 5.41) is 0. The highest BCUT2D eigenvalue weighted by atomic mass is 27.0. The summed E-state index contributed by atoms with van der Waals surface area (Å²) in [7, 11) is 0.